The van der Waals surface area contributed by atoms with Crippen LogP contribution in [0.5, 0.6) is 0 Å². The Morgan fingerprint density at radius 1 is 1.35 bits per heavy atom. The standard InChI is InChI=1S/C20H22FN7O3/c1-22-17-8-16(24-13-3-2-6-27(20(13)31)14-7-11(14)21)26-18-10(9-23-28(17)18)19(30)25-12-4-5-15(12)29/h2-3,6,8-9,11-12,14-15,22,29H,4-5,7H2,1H3,(H,24,26)(H,25,30)/t11-,12?,14-,15+/m1/s1. The maximum atomic E-state index is 13.4. The van der Waals surface area contributed by atoms with E-state index in [0.717, 1.165) is 6.42 Å². The first-order valence-electron chi connectivity index (χ1n) is 10.1. The van der Waals surface area contributed by atoms with Gasteiger partial charge in [-0.3, -0.25) is 9.59 Å². The minimum atomic E-state index is -1.000. The van der Waals surface area contributed by atoms with Crippen LogP contribution < -0.4 is 21.5 Å². The summed E-state index contributed by atoms with van der Waals surface area (Å²) in [5, 5.41) is 22.7. The van der Waals surface area contributed by atoms with Gasteiger partial charge < -0.3 is 25.6 Å². The zero-order chi connectivity index (χ0) is 21.7. The van der Waals surface area contributed by atoms with Crippen molar-refractivity contribution in [3.63, 3.8) is 0 Å². The number of aromatic nitrogens is 4. The fourth-order valence-electron chi connectivity index (χ4n) is 3.71. The molecule has 0 aliphatic heterocycles. The minimum absolute atomic E-state index is 0.253. The maximum Gasteiger partial charge on any atom is 0.274 e. The van der Waals surface area contributed by atoms with E-state index in [0.29, 0.717) is 30.1 Å². The van der Waals surface area contributed by atoms with Crippen molar-refractivity contribution in [2.75, 3.05) is 17.7 Å². The molecule has 1 amide bonds. The van der Waals surface area contributed by atoms with Crippen LogP contribution in [0.1, 0.15) is 35.7 Å². The molecule has 2 aliphatic rings. The van der Waals surface area contributed by atoms with E-state index in [9.17, 15) is 19.1 Å². The van der Waals surface area contributed by atoms with Gasteiger partial charge in [0.1, 0.15) is 29.1 Å². The van der Waals surface area contributed by atoms with Gasteiger partial charge in [-0.25, -0.2) is 9.37 Å². The van der Waals surface area contributed by atoms with E-state index in [1.807, 2.05) is 0 Å². The smallest absolute Gasteiger partial charge is 0.274 e. The molecule has 5 rings (SSSR count). The van der Waals surface area contributed by atoms with Crippen LogP contribution in [-0.4, -0.2) is 55.5 Å². The largest absolute Gasteiger partial charge is 0.391 e. The summed E-state index contributed by atoms with van der Waals surface area (Å²) in [5.74, 6) is 0.505. The second kappa shape index (κ2) is 7.34. The fourth-order valence-corrected chi connectivity index (χ4v) is 3.71. The topological polar surface area (TPSA) is 126 Å². The lowest BCUT2D eigenvalue weighted by atomic mass is 9.89. The highest BCUT2D eigenvalue weighted by Gasteiger charge is 2.39. The van der Waals surface area contributed by atoms with Gasteiger partial charge in [0.25, 0.3) is 11.5 Å². The average molecular weight is 427 g/mol. The van der Waals surface area contributed by atoms with Crippen LogP contribution in [0.4, 0.5) is 21.7 Å². The molecule has 4 atom stereocenters. The molecule has 11 heteroatoms. The van der Waals surface area contributed by atoms with Crippen molar-refractivity contribution >= 4 is 28.9 Å². The summed E-state index contributed by atoms with van der Waals surface area (Å²) in [7, 11) is 1.70. The normalized spacial score (nSPS) is 24.5. The Balaban J connectivity index is 1.48. The molecular weight excluding hydrogens is 405 g/mol. The molecular formula is C20H22FN7O3. The van der Waals surface area contributed by atoms with Gasteiger partial charge in [-0.05, 0) is 25.0 Å². The monoisotopic (exact) mass is 427 g/mol. The van der Waals surface area contributed by atoms with Crippen molar-refractivity contribution in [3.05, 3.63) is 46.5 Å². The van der Waals surface area contributed by atoms with Crippen molar-refractivity contribution in [3.8, 4) is 0 Å². The number of halogens is 1. The van der Waals surface area contributed by atoms with Crippen LogP contribution in [-0.2, 0) is 0 Å². The van der Waals surface area contributed by atoms with E-state index in [4.69, 9.17) is 0 Å². The van der Waals surface area contributed by atoms with Crippen LogP contribution in [0.25, 0.3) is 5.65 Å². The zero-order valence-electron chi connectivity index (χ0n) is 16.7. The van der Waals surface area contributed by atoms with Crippen molar-refractivity contribution in [1.29, 1.82) is 0 Å². The predicted octanol–water partition coefficient (Wildman–Crippen LogP) is 1.21. The molecule has 162 valence electrons. The molecule has 3 aromatic heterocycles. The number of rotatable bonds is 6. The number of amides is 1. The molecule has 4 N–H and O–H groups in total. The maximum absolute atomic E-state index is 13.4. The molecule has 2 fully saturated rings. The van der Waals surface area contributed by atoms with Gasteiger partial charge in [-0.1, -0.05) is 0 Å². The number of pyridine rings is 1. The van der Waals surface area contributed by atoms with Gasteiger partial charge in [-0.15, -0.1) is 0 Å². The SMILES string of the molecule is CNc1cc(Nc2cccn([C@@H]3C[C@H]3F)c2=O)nc2c(C(=O)NC3CC[C@@H]3O)cnn12. The Hall–Kier alpha value is -3.47. The van der Waals surface area contributed by atoms with Crippen LogP contribution >= 0.6 is 0 Å². The lowest BCUT2D eigenvalue weighted by Crippen LogP contribution is -2.50. The highest BCUT2D eigenvalue weighted by Crippen LogP contribution is 2.37. The molecule has 2 saturated carbocycles. The van der Waals surface area contributed by atoms with Crippen molar-refractivity contribution < 1.29 is 14.3 Å². The number of nitrogens with zero attached hydrogens (tertiary/aromatic N) is 4. The van der Waals surface area contributed by atoms with Crippen LogP contribution in [0.15, 0.2) is 35.4 Å². The Bertz CT molecular complexity index is 1220. The number of carbonyl (C=O) groups is 1. The number of anilines is 3. The Morgan fingerprint density at radius 2 is 2.16 bits per heavy atom. The third-order valence-corrected chi connectivity index (χ3v) is 5.80. The first-order chi connectivity index (χ1) is 15.0. The number of nitrogens with one attached hydrogen (secondary N) is 3. The summed E-state index contributed by atoms with van der Waals surface area (Å²) in [5.41, 5.74) is 0.459. The quantitative estimate of drug-likeness (QED) is 0.466. The van der Waals surface area contributed by atoms with E-state index < -0.39 is 18.3 Å². The van der Waals surface area contributed by atoms with Crippen LogP contribution in [0.3, 0.4) is 0 Å². The first kappa shape index (κ1) is 19.5. The van der Waals surface area contributed by atoms with Gasteiger partial charge in [0, 0.05) is 25.7 Å². The molecule has 10 nitrogen and oxygen atoms in total. The highest BCUT2D eigenvalue weighted by atomic mass is 19.1. The van der Waals surface area contributed by atoms with Crippen molar-refractivity contribution in [1.82, 2.24) is 24.5 Å². The van der Waals surface area contributed by atoms with Crippen molar-refractivity contribution in [2.45, 2.75) is 43.6 Å². The van der Waals surface area contributed by atoms with Crippen LogP contribution in [0, 0.1) is 0 Å². The molecule has 0 radical (unpaired) electrons. The molecule has 0 saturated heterocycles. The summed E-state index contributed by atoms with van der Waals surface area (Å²) in [6.45, 7) is 0. The fraction of sp³-hybridized carbons (Fsp3) is 0.400. The molecule has 1 unspecified atom stereocenters. The van der Waals surface area contributed by atoms with E-state index in [1.165, 1.54) is 15.3 Å². The summed E-state index contributed by atoms with van der Waals surface area (Å²) in [6, 6.07) is 4.22. The van der Waals surface area contributed by atoms with E-state index in [-0.39, 0.29) is 28.8 Å². The number of hydrogen-bond acceptors (Lipinski definition) is 7. The average Bonchev–Trinajstić information content (AvgIpc) is 3.32. The minimum Gasteiger partial charge on any atom is -0.391 e. The number of hydrogen-bond donors (Lipinski definition) is 4. The van der Waals surface area contributed by atoms with Crippen LogP contribution in [0.2, 0.25) is 0 Å². The third-order valence-electron chi connectivity index (χ3n) is 5.80. The number of aliphatic hydroxyl groups is 1. The number of alkyl halides is 1. The molecule has 31 heavy (non-hydrogen) atoms. The number of aliphatic hydroxyl groups excluding tert-OH is 1. The second-order valence-corrected chi connectivity index (χ2v) is 7.87. The first-order valence-corrected chi connectivity index (χ1v) is 10.1. The van der Waals surface area contributed by atoms with E-state index in [2.05, 4.69) is 26.0 Å². The molecule has 0 spiro atoms. The molecule has 2 aliphatic carbocycles. The highest BCUT2D eigenvalue weighted by molar-refractivity contribution is 6.00. The Morgan fingerprint density at radius 3 is 2.81 bits per heavy atom. The lowest BCUT2D eigenvalue weighted by molar-refractivity contribution is 0.0448. The summed E-state index contributed by atoms with van der Waals surface area (Å²) >= 11 is 0. The number of carbonyl (C=O) groups excluding carboxylic acids is 1. The van der Waals surface area contributed by atoms with Crippen molar-refractivity contribution in [2.24, 2.45) is 0 Å². The summed E-state index contributed by atoms with van der Waals surface area (Å²) < 4.78 is 16.3. The summed E-state index contributed by atoms with van der Waals surface area (Å²) in [6.07, 6.45) is 3.16. The summed E-state index contributed by atoms with van der Waals surface area (Å²) in [4.78, 5) is 29.9. The van der Waals surface area contributed by atoms with Gasteiger partial charge in [0.2, 0.25) is 0 Å². The Labute approximate surface area is 176 Å². The van der Waals surface area contributed by atoms with Gasteiger partial charge in [0.15, 0.2) is 5.65 Å². The van der Waals surface area contributed by atoms with E-state index in [1.54, 1.807) is 31.4 Å². The molecule has 3 heterocycles. The zero-order valence-corrected chi connectivity index (χ0v) is 16.7. The molecule has 3 aromatic rings. The second-order valence-electron chi connectivity index (χ2n) is 7.87. The third kappa shape index (κ3) is 3.40. The predicted molar refractivity (Wildman–Crippen MR) is 112 cm³/mol. The molecule has 0 aromatic carbocycles. The van der Waals surface area contributed by atoms with Gasteiger partial charge >= 0.3 is 0 Å². The Kier molecular flexibility index (Phi) is 4.62. The number of fused-ring (bicyclic) bond motifs is 1. The molecule has 0 bridgehead atoms. The lowest BCUT2D eigenvalue weighted by Gasteiger charge is -2.32. The van der Waals surface area contributed by atoms with Gasteiger partial charge in [0.05, 0.1) is 24.4 Å². The van der Waals surface area contributed by atoms with E-state index >= 15 is 0 Å². The van der Waals surface area contributed by atoms with Gasteiger partial charge in [-0.2, -0.15) is 9.61 Å².